The third kappa shape index (κ3) is 5.86. The van der Waals surface area contributed by atoms with Crippen LogP contribution in [0.2, 0.25) is 0 Å². The summed E-state index contributed by atoms with van der Waals surface area (Å²) in [6.07, 6.45) is 13.0. The van der Waals surface area contributed by atoms with Crippen molar-refractivity contribution in [3.63, 3.8) is 0 Å². The van der Waals surface area contributed by atoms with Crippen LogP contribution < -0.4 is 10.9 Å². The van der Waals surface area contributed by atoms with Gasteiger partial charge in [-0.3, -0.25) is 19.5 Å². The van der Waals surface area contributed by atoms with E-state index in [2.05, 4.69) is 62.9 Å². The molecule has 2 N–H and O–H groups in total. The van der Waals surface area contributed by atoms with E-state index < -0.39 is 3.68 Å². The van der Waals surface area contributed by atoms with E-state index >= 15 is 4.39 Å². The van der Waals surface area contributed by atoms with Gasteiger partial charge in [0.05, 0.1) is 31.0 Å². The number of allylic oxidation sites excluding steroid dienone is 2. The van der Waals surface area contributed by atoms with Gasteiger partial charge in [0, 0.05) is 28.8 Å². The van der Waals surface area contributed by atoms with Gasteiger partial charge in [-0.25, -0.2) is 15.2 Å². The first-order chi connectivity index (χ1) is 19.1. The molecule has 0 aromatic rings. The lowest BCUT2D eigenvalue weighted by Gasteiger charge is -2.39. The Bertz CT molecular complexity index is 1190. The Hall–Kier alpha value is -0.800. The van der Waals surface area contributed by atoms with Crippen LogP contribution >= 0.6 is 45.2 Å². The molecule has 218 valence electrons. The molecule has 5 atom stereocenters. The first-order valence-corrected chi connectivity index (χ1v) is 16.8. The molecular formula is C30H40FI2N5O2. The summed E-state index contributed by atoms with van der Waals surface area (Å²) in [5, 5.41) is 0. The normalized spacial score (nSPS) is 34.9. The first-order valence-electron chi connectivity index (χ1n) is 14.5. The number of hydrogen-bond acceptors (Lipinski definition) is 6. The molecule has 4 fully saturated rings. The van der Waals surface area contributed by atoms with Crippen LogP contribution in [0.25, 0.3) is 0 Å². The molecule has 0 spiro atoms. The second-order valence-corrected chi connectivity index (χ2v) is 16.1. The Balaban J connectivity index is 1.29. The number of morpholine rings is 1. The highest BCUT2D eigenvalue weighted by Crippen LogP contribution is 2.49. The molecule has 4 heterocycles. The predicted molar refractivity (Wildman–Crippen MR) is 172 cm³/mol. The number of carbonyl (C=O) groups excluding carboxylic acids is 1. The Kier molecular flexibility index (Phi) is 8.57. The Labute approximate surface area is 264 Å². The van der Waals surface area contributed by atoms with E-state index in [1.165, 1.54) is 24.8 Å². The Morgan fingerprint density at radius 3 is 2.77 bits per heavy atom. The van der Waals surface area contributed by atoms with Gasteiger partial charge in [0.25, 0.3) is 0 Å². The lowest BCUT2D eigenvalue weighted by atomic mass is 9.70. The Morgan fingerprint density at radius 1 is 1.32 bits per heavy atom. The lowest BCUT2D eigenvalue weighted by Crippen LogP contribution is -2.42. The maximum Gasteiger partial charge on any atom is 0.238 e. The highest BCUT2D eigenvalue weighted by atomic mass is 127. The van der Waals surface area contributed by atoms with Crippen molar-refractivity contribution in [1.82, 2.24) is 25.6 Å². The number of likely N-dealkylation sites (N-methyl/N-ethyl adjacent to an activating group) is 1. The number of nitrogens with one attached hydrogen (secondary N) is 2. The van der Waals surface area contributed by atoms with Crippen LogP contribution in [0.3, 0.4) is 0 Å². The van der Waals surface area contributed by atoms with E-state index in [-0.39, 0.29) is 23.9 Å². The van der Waals surface area contributed by atoms with Gasteiger partial charge in [0.2, 0.25) is 5.91 Å². The van der Waals surface area contributed by atoms with Gasteiger partial charge in [-0.05, 0) is 104 Å². The fourth-order valence-electron chi connectivity index (χ4n) is 7.16. The van der Waals surface area contributed by atoms with Crippen LogP contribution in [-0.4, -0.2) is 74.3 Å². The Morgan fingerprint density at radius 2 is 2.12 bits per heavy atom. The third-order valence-corrected chi connectivity index (χ3v) is 10.8. The largest absolute Gasteiger partial charge is 0.496 e. The molecule has 40 heavy (non-hydrogen) atoms. The second-order valence-electron chi connectivity index (χ2n) is 12.4. The summed E-state index contributed by atoms with van der Waals surface area (Å²) in [5.41, 5.74) is 12.2. The quantitative estimate of drug-likeness (QED) is 0.222. The summed E-state index contributed by atoms with van der Waals surface area (Å²) < 4.78 is 20.1. The molecule has 2 saturated heterocycles. The van der Waals surface area contributed by atoms with Gasteiger partial charge < -0.3 is 4.74 Å². The number of rotatable bonds is 6. The standard InChI is InChI=1S/C30H40FI2N5O2/c1-18-14-37(7-8-40-18)15-19-9-25(30(2,31)33)26-13-24(29(39)38(26)16-19)21-10-22(12-23(32)11-21)27(20-5-4-6-20)28-35-34-17-36(28)3/h9,13,16,20-21,23-24,28,34-35H,1,4-8,10-12,14-15,17H2,2-3H3/b27-22-/t21?,23?,24?,28?,30-/m0/s1. The molecule has 2 aliphatic carbocycles. The van der Waals surface area contributed by atoms with Crippen molar-refractivity contribution >= 4 is 51.1 Å². The maximum atomic E-state index is 15.6. The van der Waals surface area contributed by atoms with Crippen molar-refractivity contribution in [2.24, 2.45) is 17.8 Å². The van der Waals surface area contributed by atoms with E-state index in [1.807, 2.05) is 34.9 Å². The molecule has 2 saturated carbocycles. The molecule has 0 aromatic carbocycles. The monoisotopic (exact) mass is 775 g/mol. The van der Waals surface area contributed by atoms with Gasteiger partial charge in [-0.15, -0.1) is 0 Å². The van der Waals surface area contributed by atoms with E-state index in [0.29, 0.717) is 35.1 Å². The molecule has 6 rings (SSSR count). The fraction of sp³-hybridized carbons (Fsp3) is 0.633. The summed E-state index contributed by atoms with van der Waals surface area (Å²) >= 11 is 4.46. The number of alkyl halides is 3. The zero-order valence-electron chi connectivity index (χ0n) is 23.4. The van der Waals surface area contributed by atoms with Gasteiger partial charge in [0.1, 0.15) is 12.4 Å². The summed E-state index contributed by atoms with van der Waals surface area (Å²) in [6.45, 7) is 9.05. The first kappa shape index (κ1) is 29.3. The molecule has 0 radical (unpaired) electrons. The van der Waals surface area contributed by atoms with E-state index in [9.17, 15) is 4.79 Å². The SMILES string of the molecule is C=C1CN(CC2=CN3C(=O)C(C4C/C(=C(\C5CCC5)C5NNCN5C)CC(I)C4)C=C3C([C@@](C)(F)I)=C2)CCO1. The molecular weight excluding hydrogens is 735 g/mol. The van der Waals surface area contributed by atoms with Crippen LogP contribution in [0.1, 0.15) is 45.4 Å². The molecule has 4 unspecified atom stereocenters. The highest BCUT2D eigenvalue weighted by Gasteiger charge is 2.45. The minimum absolute atomic E-state index is 0.0861. The van der Waals surface area contributed by atoms with E-state index in [4.69, 9.17) is 4.74 Å². The molecule has 4 aliphatic heterocycles. The number of hydrazine groups is 1. The molecule has 0 bridgehead atoms. The van der Waals surface area contributed by atoms with Crippen LogP contribution in [0, 0.1) is 17.8 Å². The average Bonchev–Trinajstić information content (AvgIpc) is 3.42. The highest BCUT2D eigenvalue weighted by molar-refractivity contribution is 14.1. The van der Waals surface area contributed by atoms with E-state index in [0.717, 1.165) is 49.5 Å². The van der Waals surface area contributed by atoms with Gasteiger partial charge >= 0.3 is 0 Å². The molecule has 6 aliphatic rings. The summed E-state index contributed by atoms with van der Waals surface area (Å²) in [7, 11) is 2.17. The maximum absolute atomic E-state index is 15.6. The smallest absolute Gasteiger partial charge is 0.238 e. The number of fused-ring (bicyclic) bond motifs is 1. The van der Waals surface area contributed by atoms with Crippen molar-refractivity contribution in [3.05, 3.63) is 58.7 Å². The van der Waals surface area contributed by atoms with Crippen LogP contribution in [0.4, 0.5) is 4.39 Å². The van der Waals surface area contributed by atoms with Crippen molar-refractivity contribution in [2.75, 3.05) is 40.0 Å². The summed E-state index contributed by atoms with van der Waals surface area (Å²) in [5.74, 6) is 1.44. The van der Waals surface area contributed by atoms with Crippen molar-refractivity contribution < 1.29 is 13.9 Å². The molecule has 1 amide bonds. The number of halogens is 3. The number of nitrogens with zero attached hydrogens (tertiary/aromatic N) is 3. The number of ether oxygens (including phenoxy) is 1. The molecule has 10 heteroatoms. The average molecular weight is 775 g/mol. The second kappa shape index (κ2) is 11.7. The van der Waals surface area contributed by atoms with Crippen molar-refractivity contribution in [1.29, 1.82) is 0 Å². The van der Waals surface area contributed by atoms with Gasteiger partial charge in [0.15, 0.2) is 3.68 Å². The fourth-order valence-corrected chi connectivity index (χ4v) is 8.77. The zero-order valence-corrected chi connectivity index (χ0v) is 27.7. The number of hydrogen-bond donors (Lipinski definition) is 2. The van der Waals surface area contributed by atoms with E-state index in [1.54, 1.807) is 17.4 Å². The summed E-state index contributed by atoms with van der Waals surface area (Å²) in [4.78, 5) is 20.4. The van der Waals surface area contributed by atoms with Crippen molar-refractivity contribution in [3.8, 4) is 0 Å². The zero-order chi connectivity index (χ0) is 28.2. The predicted octanol–water partition coefficient (Wildman–Crippen LogP) is 5.14. The van der Waals surface area contributed by atoms with Crippen molar-refractivity contribution in [2.45, 2.75) is 59.2 Å². The minimum atomic E-state index is -1.59. The third-order valence-electron chi connectivity index (χ3n) is 9.31. The molecule has 7 nitrogen and oxygen atoms in total. The van der Waals surface area contributed by atoms with Crippen LogP contribution in [0.5, 0.6) is 0 Å². The minimum Gasteiger partial charge on any atom is -0.496 e. The van der Waals surface area contributed by atoms with Crippen LogP contribution in [0.15, 0.2) is 58.7 Å². The number of amides is 1. The van der Waals surface area contributed by atoms with Gasteiger partial charge in [-0.2, -0.15) is 0 Å². The molecule has 0 aromatic heterocycles. The van der Waals surface area contributed by atoms with Gasteiger partial charge in [-0.1, -0.05) is 41.2 Å². The van der Waals surface area contributed by atoms with Crippen LogP contribution in [-0.2, 0) is 9.53 Å². The number of carbonyl (C=O) groups is 1. The lowest BCUT2D eigenvalue weighted by molar-refractivity contribution is -0.129. The summed E-state index contributed by atoms with van der Waals surface area (Å²) in [6, 6.07) is 0. The topological polar surface area (TPSA) is 60.1 Å².